The van der Waals surface area contributed by atoms with Crippen molar-refractivity contribution >= 4 is 23.2 Å². The molecule has 0 saturated carbocycles. The minimum absolute atomic E-state index is 0.0439. The van der Waals surface area contributed by atoms with Crippen LogP contribution in [0.25, 0.3) is 0 Å². The lowest BCUT2D eigenvalue weighted by molar-refractivity contribution is -0.134. The van der Waals surface area contributed by atoms with E-state index < -0.39 is 0 Å². The van der Waals surface area contributed by atoms with Crippen LogP contribution in [0.1, 0.15) is 29.2 Å². The van der Waals surface area contributed by atoms with E-state index in [9.17, 15) is 4.79 Å². The predicted octanol–water partition coefficient (Wildman–Crippen LogP) is 4.84. The van der Waals surface area contributed by atoms with Crippen LogP contribution >= 0.6 is 11.6 Å². The highest BCUT2D eigenvalue weighted by Crippen LogP contribution is 2.33. The van der Waals surface area contributed by atoms with E-state index in [-0.39, 0.29) is 11.9 Å². The maximum Gasteiger partial charge on any atom is 0.257 e. The van der Waals surface area contributed by atoms with Gasteiger partial charge in [0, 0.05) is 44.2 Å². The van der Waals surface area contributed by atoms with Crippen molar-refractivity contribution in [1.82, 2.24) is 14.8 Å². The number of halogens is 1. The van der Waals surface area contributed by atoms with Gasteiger partial charge in [0.1, 0.15) is 0 Å². The molecule has 2 heterocycles. The quantitative estimate of drug-likeness (QED) is 0.515. The van der Waals surface area contributed by atoms with Crippen LogP contribution in [0.3, 0.4) is 0 Å². The molecule has 5 nitrogen and oxygen atoms in total. The standard InChI is InChI=1S/C28H29ClN4O/c29-25-13-11-24(12-14-25)27-19-26(23-9-5-2-6-10-23)30-33(27)28(34)21-32-17-15-31(16-18-32)20-22-7-3-1-4-8-22/h1-14,27H,15-21H2. The summed E-state index contributed by atoms with van der Waals surface area (Å²) >= 11 is 6.11. The number of carbonyl (C=O) groups is 1. The fourth-order valence-electron chi connectivity index (χ4n) is 4.70. The largest absolute Gasteiger partial charge is 0.297 e. The zero-order valence-electron chi connectivity index (χ0n) is 19.2. The van der Waals surface area contributed by atoms with Crippen molar-refractivity contribution in [3.63, 3.8) is 0 Å². The zero-order chi connectivity index (χ0) is 23.3. The van der Waals surface area contributed by atoms with Gasteiger partial charge in [-0.25, -0.2) is 5.01 Å². The Kier molecular flexibility index (Phi) is 7.05. The minimum Gasteiger partial charge on any atom is -0.297 e. The first kappa shape index (κ1) is 22.8. The van der Waals surface area contributed by atoms with Gasteiger partial charge >= 0.3 is 0 Å². The van der Waals surface area contributed by atoms with Crippen molar-refractivity contribution in [2.24, 2.45) is 5.10 Å². The average molecular weight is 473 g/mol. The third-order valence-electron chi connectivity index (χ3n) is 6.60. The number of amides is 1. The summed E-state index contributed by atoms with van der Waals surface area (Å²) in [5.41, 5.74) is 4.39. The molecule has 0 bridgehead atoms. The van der Waals surface area contributed by atoms with Crippen molar-refractivity contribution in [3.8, 4) is 0 Å². The first-order valence-corrected chi connectivity index (χ1v) is 12.2. The second-order valence-electron chi connectivity index (χ2n) is 8.96. The summed E-state index contributed by atoms with van der Waals surface area (Å²) in [7, 11) is 0. The van der Waals surface area contributed by atoms with Gasteiger partial charge in [-0.05, 0) is 28.8 Å². The van der Waals surface area contributed by atoms with E-state index in [0.717, 1.165) is 49.6 Å². The van der Waals surface area contributed by atoms with Crippen LogP contribution in [0.15, 0.2) is 90.0 Å². The molecular weight excluding hydrogens is 444 g/mol. The molecule has 1 unspecified atom stereocenters. The first-order chi connectivity index (χ1) is 16.7. The molecule has 0 aliphatic carbocycles. The Hall–Kier alpha value is -2.99. The third kappa shape index (κ3) is 5.39. The lowest BCUT2D eigenvalue weighted by atomic mass is 9.98. The molecule has 2 aliphatic heterocycles. The molecule has 2 aliphatic rings. The van der Waals surface area contributed by atoms with Crippen LogP contribution in [0.2, 0.25) is 5.02 Å². The van der Waals surface area contributed by atoms with Gasteiger partial charge in [0.05, 0.1) is 18.3 Å². The third-order valence-corrected chi connectivity index (χ3v) is 6.85. The monoisotopic (exact) mass is 472 g/mol. The highest BCUT2D eigenvalue weighted by Gasteiger charge is 2.34. The molecule has 1 saturated heterocycles. The molecule has 3 aromatic rings. The topological polar surface area (TPSA) is 39.2 Å². The van der Waals surface area contributed by atoms with Crippen LogP contribution in [0.4, 0.5) is 0 Å². The molecule has 174 valence electrons. The Morgan fingerprint density at radius 2 is 1.44 bits per heavy atom. The molecular formula is C28H29ClN4O. The Balaban J connectivity index is 1.25. The molecule has 5 rings (SSSR count). The van der Waals surface area contributed by atoms with Gasteiger partial charge < -0.3 is 0 Å². The van der Waals surface area contributed by atoms with E-state index in [2.05, 4.69) is 46.2 Å². The number of hydrazone groups is 1. The van der Waals surface area contributed by atoms with E-state index >= 15 is 0 Å². The number of hydrogen-bond acceptors (Lipinski definition) is 4. The molecule has 0 N–H and O–H groups in total. The smallest absolute Gasteiger partial charge is 0.257 e. The fraction of sp³-hybridized carbons (Fsp3) is 0.286. The molecule has 6 heteroatoms. The highest BCUT2D eigenvalue weighted by molar-refractivity contribution is 6.30. The van der Waals surface area contributed by atoms with Crippen LogP contribution in [-0.4, -0.2) is 59.2 Å². The van der Waals surface area contributed by atoms with Crippen molar-refractivity contribution in [1.29, 1.82) is 0 Å². The number of nitrogens with zero attached hydrogens (tertiary/aromatic N) is 4. The van der Waals surface area contributed by atoms with Gasteiger partial charge in [-0.15, -0.1) is 0 Å². The van der Waals surface area contributed by atoms with Crippen LogP contribution in [0, 0.1) is 0 Å². The molecule has 3 aromatic carbocycles. The summed E-state index contributed by atoms with van der Waals surface area (Å²) in [5.74, 6) is 0.0439. The molecule has 1 atom stereocenters. The van der Waals surface area contributed by atoms with Crippen molar-refractivity contribution in [2.75, 3.05) is 32.7 Å². The molecule has 34 heavy (non-hydrogen) atoms. The maximum atomic E-state index is 13.5. The summed E-state index contributed by atoms with van der Waals surface area (Å²) in [6.45, 7) is 5.02. The Morgan fingerprint density at radius 1 is 0.824 bits per heavy atom. The first-order valence-electron chi connectivity index (χ1n) is 11.8. The predicted molar refractivity (Wildman–Crippen MR) is 137 cm³/mol. The molecule has 0 radical (unpaired) electrons. The van der Waals surface area contributed by atoms with Gasteiger partial charge in [-0.3, -0.25) is 14.6 Å². The van der Waals surface area contributed by atoms with E-state index in [1.54, 1.807) is 5.01 Å². The van der Waals surface area contributed by atoms with E-state index in [0.29, 0.717) is 18.0 Å². The summed E-state index contributed by atoms with van der Waals surface area (Å²) < 4.78 is 0. The minimum atomic E-state index is -0.112. The lowest BCUT2D eigenvalue weighted by Gasteiger charge is -2.35. The number of piperazine rings is 1. The average Bonchev–Trinajstić information content (AvgIpc) is 3.33. The summed E-state index contributed by atoms with van der Waals surface area (Å²) in [5, 5.41) is 7.19. The van der Waals surface area contributed by atoms with Crippen LogP contribution in [0.5, 0.6) is 0 Å². The lowest BCUT2D eigenvalue weighted by Crippen LogP contribution is -2.49. The molecule has 0 spiro atoms. The van der Waals surface area contributed by atoms with Crippen molar-refractivity contribution < 1.29 is 4.79 Å². The Morgan fingerprint density at radius 3 is 2.12 bits per heavy atom. The second-order valence-corrected chi connectivity index (χ2v) is 9.40. The van der Waals surface area contributed by atoms with Gasteiger partial charge in [0.15, 0.2) is 0 Å². The Bertz CT molecular complexity index is 1130. The van der Waals surface area contributed by atoms with Gasteiger partial charge in [-0.1, -0.05) is 84.4 Å². The van der Waals surface area contributed by atoms with Gasteiger partial charge in [0.2, 0.25) is 0 Å². The number of rotatable bonds is 6. The highest BCUT2D eigenvalue weighted by atomic mass is 35.5. The van der Waals surface area contributed by atoms with E-state index in [1.165, 1.54) is 5.56 Å². The number of hydrogen-bond donors (Lipinski definition) is 0. The summed E-state index contributed by atoms with van der Waals surface area (Å²) in [4.78, 5) is 18.2. The van der Waals surface area contributed by atoms with E-state index in [1.807, 2.05) is 48.5 Å². The SMILES string of the molecule is O=C(CN1CCN(Cc2ccccc2)CC1)N1N=C(c2ccccc2)CC1c1ccc(Cl)cc1. The van der Waals surface area contributed by atoms with Crippen molar-refractivity contribution in [3.05, 3.63) is 107 Å². The van der Waals surface area contributed by atoms with Crippen LogP contribution in [-0.2, 0) is 11.3 Å². The number of carbonyl (C=O) groups excluding carboxylic acids is 1. The van der Waals surface area contributed by atoms with Gasteiger partial charge in [-0.2, -0.15) is 5.10 Å². The maximum absolute atomic E-state index is 13.5. The number of benzene rings is 3. The fourth-order valence-corrected chi connectivity index (χ4v) is 4.83. The van der Waals surface area contributed by atoms with Crippen molar-refractivity contribution in [2.45, 2.75) is 19.0 Å². The second kappa shape index (κ2) is 10.5. The molecule has 1 fully saturated rings. The normalized spacial score (nSPS) is 19.3. The Labute approximate surface area is 206 Å². The summed E-state index contributed by atoms with van der Waals surface area (Å²) in [6.07, 6.45) is 0.697. The summed E-state index contributed by atoms with van der Waals surface area (Å²) in [6, 6.07) is 28.3. The van der Waals surface area contributed by atoms with Gasteiger partial charge in [0.25, 0.3) is 5.91 Å². The van der Waals surface area contributed by atoms with E-state index in [4.69, 9.17) is 16.7 Å². The molecule has 1 amide bonds. The van der Waals surface area contributed by atoms with Crippen LogP contribution < -0.4 is 0 Å². The zero-order valence-corrected chi connectivity index (χ0v) is 19.9. The molecule has 0 aromatic heterocycles.